The third-order valence-corrected chi connectivity index (χ3v) is 4.11. The summed E-state index contributed by atoms with van der Waals surface area (Å²) in [6.07, 6.45) is 3.11. The van der Waals surface area contributed by atoms with Crippen molar-refractivity contribution in [3.8, 4) is 23.0 Å². The van der Waals surface area contributed by atoms with Gasteiger partial charge in [-0.2, -0.15) is 4.98 Å². The maximum atomic E-state index is 13.0. The summed E-state index contributed by atoms with van der Waals surface area (Å²) in [4.78, 5) is 20.5. The van der Waals surface area contributed by atoms with E-state index in [0.29, 0.717) is 17.8 Å². The number of nitrogens with zero attached hydrogens (tertiary/aromatic N) is 4. The fourth-order valence-corrected chi connectivity index (χ4v) is 2.62. The maximum Gasteiger partial charge on any atom is 0.258 e. The molecule has 146 valence electrons. The fourth-order valence-electron chi connectivity index (χ4n) is 2.62. The van der Waals surface area contributed by atoms with Crippen LogP contribution in [0.4, 0.5) is 8.78 Å². The molecule has 0 fully saturated rings. The van der Waals surface area contributed by atoms with E-state index >= 15 is 0 Å². The van der Waals surface area contributed by atoms with Crippen molar-refractivity contribution in [3.63, 3.8) is 0 Å². The van der Waals surface area contributed by atoms with E-state index in [1.807, 2.05) is 0 Å². The van der Waals surface area contributed by atoms with Crippen molar-refractivity contribution in [1.29, 1.82) is 0 Å². The van der Waals surface area contributed by atoms with Crippen molar-refractivity contribution >= 4 is 5.91 Å². The first-order chi connectivity index (χ1) is 14.1. The van der Waals surface area contributed by atoms with Crippen LogP contribution in [0.2, 0.25) is 0 Å². The molecule has 4 rings (SSSR count). The Morgan fingerprint density at radius 1 is 1.03 bits per heavy atom. The zero-order chi connectivity index (χ0) is 20.2. The van der Waals surface area contributed by atoms with Gasteiger partial charge in [0.15, 0.2) is 0 Å². The molecule has 29 heavy (non-hydrogen) atoms. The van der Waals surface area contributed by atoms with E-state index in [1.165, 1.54) is 42.7 Å². The van der Waals surface area contributed by atoms with E-state index in [1.54, 1.807) is 22.9 Å². The van der Waals surface area contributed by atoms with Gasteiger partial charge >= 0.3 is 0 Å². The monoisotopic (exact) mass is 395 g/mol. The number of carbonyl (C=O) groups is 1. The van der Waals surface area contributed by atoms with Gasteiger partial charge in [-0.25, -0.2) is 13.8 Å². The highest BCUT2D eigenvalue weighted by molar-refractivity contribution is 5.75. The summed E-state index contributed by atoms with van der Waals surface area (Å²) < 4.78 is 32.7. The largest absolute Gasteiger partial charge is 0.350 e. The summed E-state index contributed by atoms with van der Waals surface area (Å²) in [5.74, 6) is -0.403. The molecule has 1 amide bonds. The van der Waals surface area contributed by atoms with Crippen molar-refractivity contribution in [1.82, 2.24) is 25.0 Å². The van der Waals surface area contributed by atoms with Crippen molar-refractivity contribution in [2.45, 2.75) is 13.1 Å². The third kappa shape index (κ3) is 4.52. The lowest BCUT2D eigenvalue weighted by Gasteiger charge is -2.05. The summed E-state index contributed by atoms with van der Waals surface area (Å²) in [5.41, 5.74) is 1.82. The van der Waals surface area contributed by atoms with E-state index < -0.39 is 0 Å². The van der Waals surface area contributed by atoms with Gasteiger partial charge in [-0.15, -0.1) is 0 Å². The third-order valence-electron chi connectivity index (χ3n) is 4.11. The van der Waals surface area contributed by atoms with Gasteiger partial charge in [0.2, 0.25) is 11.7 Å². The van der Waals surface area contributed by atoms with Gasteiger partial charge in [-0.1, -0.05) is 17.3 Å². The Labute approximate surface area is 164 Å². The smallest absolute Gasteiger partial charge is 0.258 e. The molecular formula is C20H15F2N5O2. The summed E-state index contributed by atoms with van der Waals surface area (Å²) >= 11 is 0. The zero-order valence-electron chi connectivity index (χ0n) is 15.0. The van der Waals surface area contributed by atoms with Crippen LogP contribution in [0.15, 0.2) is 65.6 Å². The number of halogens is 2. The molecule has 0 saturated carbocycles. The number of hydrogen-bond acceptors (Lipinski definition) is 5. The number of benzene rings is 2. The lowest BCUT2D eigenvalue weighted by Crippen LogP contribution is -2.26. The highest BCUT2D eigenvalue weighted by atomic mass is 19.1. The molecule has 0 aliphatic heterocycles. The number of imidazole rings is 1. The minimum absolute atomic E-state index is 0.0524. The fraction of sp³-hybridized carbons (Fsp3) is 0.100. The molecule has 4 aromatic rings. The number of amides is 1. The number of aromatic nitrogens is 4. The Hall–Kier alpha value is -3.88. The molecule has 2 heterocycles. The number of carbonyl (C=O) groups excluding carboxylic acids is 1. The van der Waals surface area contributed by atoms with Crippen LogP contribution in [0, 0.1) is 11.6 Å². The number of hydrogen-bond donors (Lipinski definition) is 1. The summed E-state index contributed by atoms with van der Waals surface area (Å²) in [7, 11) is 0. The van der Waals surface area contributed by atoms with Gasteiger partial charge in [0.1, 0.15) is 23.9 Å². The van der Waals surface area contributed by atoms with Crippen LogP contribution in [0.1, 0.15) is 5.56 Å². The topological polar surface area (TPSA) is 85.8 Å². The maximum absolute atomic E-state index is 13.0. The Kier molecular flexibility index (Phi) is 5.10. The van der Waals surface area contributed by atoms with Gasteiger partial charge in [0.25, 0.3) is 5.89 Å². The molecule has 0 spiro atoms. The highest BCUT2D eigenvalue weighted by Crippen LogP contribution is 2.21. The minimum atomic E-state index is -0.357. The normalized spacial score (nSPS) is 10.8. The summed E-state index contributed by atoms with van der Waals surface area (Å²) in [6, 6.07) is 11.6. The second kappa shape index (κ2) is 8.01. The van der Waals surface area contributed by atoms with Crippen LogP contribution in [0.3, 0.4) is 0 Å². The van der Waals surface area contributed by atoms with Crippen LogP contribution in [-0.2, 0) is 17.9 Å². The van der Waals surface area contributed by atoms with Crippen molar-refractivity contribution in [2.75, 3.05) is 0 Å². The SMILES string of the molecule is O=C(Cn1cnc(-c2noc(-c3ccc(F)cc3)n2)c1)NCc1ccc(F)cc1. The van der Waals surface area contributed by atoms with Gasteiger partial charge in [-0.3, -0.25) is 4.79 Å². The highest BCUT2D eigenvalue weighted by Gasteiger charge is 2.14. The zero-order valence-corrected chi connectivity index (χ0v) is 15.0. The van der Waals surface area contributed by atoms with Crippen LogP contribution >= 0.6 is 0 Å². The van der Waals surface area contributed by atoms with Crippen LogP contribution < -0.4 is 5.32 Å². The van der Waals surface area contributed by atoms with Gasteiger partial charge in [-0.05, 0) is 42.0 Å². The lowest BCUT2D eigenvalue weighted by atomic mass is 10.2. The first kappa shape index (κ1) is 18.5. The van der Waals surface area contributed by atoms with Crippen LogP contribution in [0.5, 0.6) is 0 Å². The molecular weight excluding hydrogens is 380 g/mol. The molecule has 0 unspecified atom stereocenters. The van der Waals surface area contributed by atoms with Gasteiger partial charge in [0.05, 0.1) is 6.33 Å². The Balaban J connectivity index is 1.37. The number of nitrogens with one attached hydrogen (secondary N) is 1. The molecule has 0 aliphatic carbocycles. The van der Waals surface area contributed by atoms with E-state index in [9.17, 15) is 13.6 Å². The van der Waals surface area contributed by atoms with Crippen LogP contribution in [-0.4, -0.2) is 25.6 Å². The molecule has 0 aliphatic rings. The van der Waals surface area contributed by atoms with Crippen molar-refractivity contribution in [3.05, 3.63) is 78.3 Å². The molecule has 0 saturated heterocycles. The first-order valence-corrected chi connectivity index (χ1v) is 8.70. The standard InChI is InChI=1S/C20H15F2N5O2/c21-15-5-1-13(2-6-15)9-23-18(28)11-27-10-17(24-12-27)19-25-20(29-26-19)14-3-7-16(22)8-4-14/h1-8,10,12H,9,11H2,(H,23,28). The summed E-state index contributed by atoms with van der Waals surface area (Å²) in [5, 5.41) is 6.63. The van der Waals surface area contributed by atoms with E-state index in [4.69, 9.17) is 4.52 Å². The Morgan fingerprint density at radius 2 is 1.72 bits per heavy atom. The molecule has 7 nitrogen and oxygen atoms in total. The van der Waals surface area contributed by atoms with Crippen LogP contribution in [0.25, 0.3) is 23.0 Å². The van der Waals surface area contributed by atoms with E-state index in [2.05, 4.69) is 20.4 Å². The average molecular weight is 395 g/mol. The molecule has 2 aromatic heterocycles. The Bertz CT molecular complexity index is 1120. The molecule has 0 radical (unpaired) electrons. The molecule has 1 N–H and O–H groups in total. The second-order valence-electron chi connectivity index (χ2n) is 6.26. The Morgan fingerprint density at radius 3 is 2.45 bits per heavy atom. The minimum Gasteiger partial charge on any atom is -0.350 e. The molecule has 0 atom stereocenters. The average Bonchev–Trinajstić information content (AvgIpc) is 3.38. The van der Waals surface area contributed by atoms with Crippen molar-refractivity contribution < 1.29 is 18.1 Å². The molecule has 2 aromatic carbocycles. The molecule has 9 heteroatoms. The predicted molar refractivity (Wildman–Crippen MR) is 99.2 cm³/mol. The van der Waals surface area contributed by atoms with Crippen molar-refractivity contribution in [2.24, 2.45) is 0 Å². The lowest BCUT2D eigenvalue weighted by molar-refractivity contribution is -0.121. The number of rotatable bonds is 6. The van der Waals surface area contributed by atoms with Gasteiger partial charge in [0, 0.05) is 18.3 Å². The second-order valence-corrected chi connectivity index (χ2v) is 6.26. The quantitative estimate of drug-likeness (QED) is 0.542. The van der Waals surface area contributed by atoms with E-state index in [0.717, 1.165) is 5.56 Å². The first-order valence-electron chi connectivity index (χ1n) is 8.70. The summed E-state index contributed by atoms with van der Waals surface area (Å²) in [6.45, 7) is 0.351. The molecule has 0 bridgehead atoms. The predicted octanol–water partition coefficient (Wildman–Crippen LogP) is 3.19. The van der Waals surface area contributed by atoms with E-state index in [-0.39, 0.29) is 35.8 Å². The van der Waals surface area contributed by atoms with Gasteiger partial charge < -0.3 is 14.4 Å².